The minimum absolute atomic E-state index is 0.326. The summed E-state index contributed by atoms with van der Waals surface area (Å²) in [5.74, 6) is 0.358. The average molecular weight is 437 g/mol. The number of rotatable bonds is 7. The second-order valence-corrected chi connectivity index (χ2v) is 7.67. The van der Waals surface area contributed by atoms with Crippen LogP contribution in [-0.2, 0) is 6.61 Å². The molecule has 0 unspecified atom stereocenters. The van der Waals surface area contributed by atoms with Crippen LogP contribution in [0.3, 0.4) is 0 Å². The summed E-state index contributed by atoms with van der Waals surface area (Å²) < 4.78 is 5.79. The number of ether oxygens (including phenoxy) is 1. The molecule has 2 heterocycles. The van der Waals surface area contributed by atoms with Crippen LogP contribution >= 0.6 is 22.9 Å². The second-order valence-electron chi connectivity index (χ2n) is 6.29. The van der Waals surface area contributed by atoms with Gasteiger partial charge in [0, 0.05) is 21.0 Å². The molecule has 4 aromatic rings. The van der Waals surface area contributed by atoms with E-state index in [0.29, 0.717) is 23.0 Å². The number of H-pyrrole nitrogens is 1. The molecular weight excluding hydrogens is 420 g/mol. The molecule has 6 nitrogen and oxygen atoms in total. The molecule has 8 heteroatoms. The maximum Gasteiger partial charge on any atom is 0.289 e. The van der Waals surface area contributed by atoms with E-state index in [0.717, 1.165) is 21.8 Å². The summed E-state index contributed by atoms with van der Waals surface area (Å²) in [6.07, 6.45) is 1.60. The number of hydrogen-bond acceptors (Lipinski definition) is 5. The lowest BCUT2D eigenvalue weighted by Gasteiger charge is -2.08. The van der Waals surface area contributed by atoms with Gasteiger partial charge in [0.05, 0.1) is 11.9 Å². The maximum absolute atomic E-state index is 12.2. The SMILES string of the molecule is O=C(N/N=C\c1cccs1)c1cc(-c2ccc(OCc3ccccc3Cl)cc2)n[nH]1. The van der Waals surface area contributed by atoms with Crippen molar-refractivity contribution in [3.63, 3.8) is 0 Å². The molecule has 4 rings (SSSR count). The van der Waals surface area contributed by atoms with Gasteiger partial charge >= 0.3 is 0 Å². The molecule has 2 aromatic heterocycles. The van der Waals surface area contributed by atoms with Crippen LogP contribution in [0, 0.1) is 0 Å². The van der Waals surface area contributed by atoms with E-state index in [1.54, 1.807) is 12.3 Å². The molecule has 0 spiro atoms. The molecule has 0 fully saturated rings. The molecule has 1 amide bonds. The van der Waals surface area contributed by atoms with Gasteiger partial charge in [0.1, 0.15) is 18.1 Å². The third kappa shape index (κ3) is 4.94. The van der Waals surface area contributed by atoms with E-state index in [2.05, 4.69) is 20.7 Å². The number of hydrogen-bond donors (Lipinski definition) is 2. The van der Waals surface area contributed by atoms with Gasteiger partial charge in [-0.15, -0.1) is 11.3 Å². The molecule has 0 aliphatic heterocycles. The highest BCUT2D eigenvalue weighted by Gasteiger charge is 2.10. The molecule has 0 radical (unpaired) electrons. The number of nitrogens with zero attached hydrogens (tertiary/aromatic N) is 2. The second kappa shape index (κ2) is 9.39. The quantitative estimate of drug-likeness (QED) is 0.311. The first-order valence-electron chi connectivity index (χ1n) is 9.08. The largest absolute Gasteiger partial charge is 0.489 e. The van der Waals surface area contributed by atoms with Crippen LogP contribution in [-0.4, -0.2) is 22.3 Å². The van der Waals surface area contributed by atoms with Crippen LogP contribution in [0.4, 0.5) is 0 Å². The topological polar surface area (TPSA) is 79.4 Å². The first-order valence-corrected chi connectivity index (χ1v) is 10.3. The van der Waals surface area contributed by atoms with Gasteiger partial charge in [-0.1, -0.05) is 35.9 Å². The van der Waals surface area contributed by atoms with Crippen LogP contribution in [0.1, 0.15) is 20.9 Å². The zero-order chi connectivity index (χ0) is 20.8. The lowest BCUT2D eigenvalue weighted by atomic mass is 10.1. The van der Waals surface area contributed by atoms with Gasteiger partial charge in [-0.05, 0) is 47.8 Å². The van der Waals surface area contributed by atoms with E-state index >= 15 is 0 Å². The Kier molecular flexibility index (Phi) is 6.22. The van der Waals surface area contributed by atoms with E-state index < -0.39 is 0 Å². The molecule has 2 N–H and O–H groups in total. The number of benzene rings is 2. The summed E-state index contributed by atoms with van der Waals surface area (Å²) in [5.41, 5.74) is 5.24. The predicted molar refractivity (Wildman–Crippen MR) is 119 cm³/mol. The summed E-state index contributed by atoms with van der Waals surface area (Å²) in [4.78, 5) is 13.2. The smallest absolute Gasteiger partial charge is 0.289 e. The zero-order valence-corrected chi connectivity index (χ0v) is 17.3. The molecular formula is C22H17ClN4O2S. The summed E-state index contributed by atoms with van der Waals surface area (Å²) in [7, 11) is 0. The molecule has 0 aliphatic carbocycles. The predicted octanol–water partition coefficient (Wildman–Crippen LogP) is 5.13. The first kappa shape index (κ1) is 19.9. The molecule has 0 aliphatic rings. The summed E-state index contributed by atoms with van der Waals surface area (Å²) >= 11 is 7.69. The fourth-order valence-electron chi connectivity index (χ4n) is 2.66. The van der Waals surface area contributed by atoms with Crippen molar-refractivity contribution in [2.45, 2.75) is 6.61 Å². The standard InChI is InChI=1S/C22H17ClN4O2S/c23-19-6-2-1-4-16(19)14-29-17-9-7-15(8-10-17)20-12-21(26-25-20)22(28)27-24-13-18-5-3-11-30-18/h1-13H,14H2,(H,25,26)(H,27,28)/b24-13-. The third-order valence-electron chi connectivity index (χ3n) is 4.23. The van der Waals surface area contributed by atoms with Crippen LogP contribution in [0.2, 0.25) is 5.02 Å². The van der Waals surface area contributed by atoms with Gasteiger partial charge in [-0.25, -0.2) is 5.43 Å². The summed E-state index contributed by atoms with van der Waals surface area (Å²) in [6.45, 7) is 0.387. The Bertz CT molecular complexity index is 1150. The lowest BCUT2D eigenvalue weighted by molar-refractivity contribution is 0.0950. The van der Waals surface area contributed by atoms with Crippen molar-refractivity contribution in [1.29, 1.82) is 0 Å². The van der Waals surface area contributed by atoms with Crippen molar-refractivity contribution < 1.29 is 9.53 Å². The number of amides is 1. The Morgan fingerprint density at radius 1 is 1.17 bits per heavy atom. The van der Waals surface area contributed by atoms with Gasteiger partial charge in [-0.2, -0.15) is 10.2 Å². The monoisotopic (exact) mass is 436 g/mol. The highest BCUT2D eigenvalue weighted by molar-refractivity contribution is 7.11. The van der Waals surface area contributed by atoms with E-state index in [4.69, 9.17) is 16.3 Å². The van der Waals surface area contributed by atoms with Gasteiger partial charge in [0.25, 0.3) is 5.91 Å². The molecule has 150 valence electrons. The number of halogens is 1. The highest BCUT2D eigenvalue weighted by atomic mass is 35.5. The molecule has 0 bridgehead atoms. The maximum atomic E-state index is 12.2. The Morgan fingerprint density at radius 3 is 2.77 bits per heavy atom. The van der Waals surface area contributed by atoms with Crippen molar-refractivity contribution in [2.24, 2.45) is 5.10 Å². The first-order chi connectivity index (χ1) is 14.7. The minimum atomic E-state index is -0.360. The van der Waals surface area contributed by atoms with Gasteiger partial charge in [-0.3, -0.25) is 9.89 Å². The van der Waals surface area contributed by atoms with E-state index in [1.165, 1.54) is 11.3 Å². The van der Waals surface area contributed by atoms with Crippen molar-refractivity contribution in [3.8, 4) is 17.0 Å². The van der Waals surface area contributed by atoms with Gasteiger partial charge in [0.2, 0.25) is 0 Å². The molecule has 30 heavy (non-hydrogen) atoms. The number of aromatic nitrogens is 2. The molecule has 0 saturated carbocycles. The van der Waals surface area contributed by atoms with E-state index in [1.807, 2.05) is 66.0 Å². The Hall–Kier alpha value is -3.42. The zero-order valence-electron chi connectivity index (χ0n) is 15.7. The number of carbonyl (C=O) groups excluding carboxylic acids is 1. The van der Waals surface area contributed by atoms with Gasteiger partial charge < -0.3 is 4.74 Å². The van der Waals surface area contributed by atoms with Crippen molar-refractivity contribution >= 4 is 35.1 Å². The van der Waals surface area contributed by atoms with Crippen LogP contribution in [0.5, 0.6) is 5.75 Å². The third-order valence-corrected chi connectivity index (χ3v) is 5.40. The van der Waals surface area contributed by atoms with Crippen molar-refractivity contribution in [2.75, 3.05) is 0 Å². The minimum Gasteiger partial charge on any atom is -0.489 e. The van der Waals surface area contributed by atoms with Crippen molar-refractivity contribution in [3.05, 3.63) is 93.3 Å². The van der Waals surface area contributed by atoms with E-state index in [-0.39, 0.29) is 5.91 Å². The molecule has 2 aromatic carbocycles. The molecule has 0 atom stereocenters. The number of carbonyl (C=O) groups is 1. The number of thiophene rings is 1. The van der Waals surface area contributed by atoms with Crippen LogP contribution in [0.15, 0.2) is 77.2 Å². The van der Waals surface area contributed by atoms with Crippen LogP contribution < -0.4 is 10.2 Å². The number of nitrogens with one attached hydrogen (secondary N) is 2. The molecule has 0 saturated heterocycles. The normalized spacial score (nSPS) is 11.0. The Balaban J connectivity index is 1.36. The number of aromatic amines is 1. The lowest BCUT2D eigenvalue weighted by Crippen LogP contribution is -2.17. The fraction of sp³-hybridized carbons (Fsp3) is 0.0455. The highest BCUT2D eigenvalue weighted by Crippen LogP contribution is 2.23. The van der Waals surface area contributed by atoms with Crippen molar-refractivity contribution in [1.82, 2.24) is 15.6 Å². The Labute approximate surface area is 182 Å². The van der Waals surface area contributed by atoms with E-state index in [9.17, 15) is 4.79 Å². The Morgan fingerprint density at radius 2 is 2.00 bits per heavy atom. The van der Waals surface area contributed by atoms with Gasteiger partial charge in [0.15, 0.2) is 0 Å². The number of hydrazone groups is 1. The summed E-state index contributed by atoms with van der Waals surface area (Å²) in [6, 6.07) is 20.6. The van der Waals surface area contributed by atoms with Crippen LogP contribution in [0.25, 0.3) is 11.3 Å². The average Bonchev–Trinajstić information content (AvgIpc) is 3.46. The fourth-order valence-corrected chi connectivity index (χ4v) is 3.44. The summed E-state index contributed by atoms with van der Waals surface area (Å²) in [5, 5.41) is 13.5.